The van der Waals surface area contributed by atoms with E-state index in [2.05, 4.69) is 50.1 Å². The first kappa shape index (κ1) is 16.0. The monoisotopic (exact) mass is 297 g/mol. The number of nitrogens with two attached hydrogens (primary N) is 1. The number of nitrogen functional groups attached to an aromatic ring is 1. The molecule has 0 saturated heterocycles. The van der Waals surface area contributed by atoms with Crippen molar-refractivity contribution in [1.82, 2.24) is 4.98 Å². The van der Waals surface area contributed by atoms with Gasteiger partial charge >= 0.3 is 0 Å². The van der Waals surface area contributed by atoms with Gasteiger partial charge in [-0.15, -0.1) is 0 Å². The lowest BCUT2D eigenvalue weighted by Crippen LogP contribution is -2.16. The molecule has 1 aromatic carbocycles. The molecule has 1 aromatic heterocycles. The van der Waals surface area contributed by atoms with E-state index in [0.717, 1.165) is 16.8 Å². The third-order valence-electron chi connectivity index (χ3n) is 3.63. The molecule has 1 amide bonds. The van der Waals surface area contributed by atoms with Crippen LogP contribution < -0.4 is 11.1 Å². The van der Waals surface area contributed by atoms with Crippen LogP contribution in [0.15, 0.2) is 36.7 Å². The number of rotatable bonds is 4. The van der Waals surface area contributed by atoms with Gasteiger partial charge in [-0.1, -0.05) is 45.9 Å². The number of benzene rings is 1. The molecule has 0 saturated carbocycles. The van der Waals surface area contributed by atoms with Gasteiger partial charge in [0.05, 0.1) is 11.3 Å². The highest BCUT2D eigenvalue weighted by atomic mass is 16.1. The number of carbonyl (C=O) groups is 1. The molecule has 0 atom stereocenters. The fourth-order valence-corrected chi connectivity index (χ4v) is 2.46. The van der Waals surface area contributed by atoms with Crippen LogP contribution in [0.4, 0.5) is 11.4 Å². The van der Waals surface area contributed by atoms with Gasteiger partial charge in [-0.05, 0) is 29.0 Å². The minimum Gasteiger partial charge on any atom is -0.397 e. The predicted molar refractivity (Wildman–Crippen MR) is 91.2 cm³/mol. The number of aromatic nitrogens is 1. The molecule has 22 heavy (non-hydrogen) atoms. The summed E-state index contributed by atoms with van der Waals surface area (Å²) in [5, 5.41) is 3.05. The normalized spacial score (nSPS) is 11.0. The van der Waals surface area contributed by atoms with E-state index >= 15 is 0 Å². The average molecular weight is 297 g/mol. The van der Waals surface area contributed by atoms with Gasteiger partial charge in [0, 0.05) is 18.1 Å². The van der Waals surface area contributed by atoms with Crippen LogP contribution in [-0.4, -0.2) is 10.9 Å². The number of hydrogen-bond acceptors (Lipinski definition) is 3. The molecule has 4 nitrogen and oxygen atoms in total. The third kappa shape index (κ3) is 3.45. The van der Waals surface area contributed by atoms with Gasteiger partial charge in [0.15, 0.2) is 0 Å². The Balaban J connectivity index is 2.41. The Kier molecular flexibility index (Phi) is 4.81. The van der Waals surface area contributed by atoms with Crippen LogP contribution in [0.25, 0.3) is 0 Å². The molecule has 0 aliphatic carbocycles. The highest BCUT2D eigenvalue weighted by Crippen LogP contribution is 2.32. The topological polar surface area (TPSA) is 68.0 Å². The zero-order chi connectivity index (χ0) is 16.3. The van der Waals surface area contributed by atoms with Gasteiger partial charge in [0.1, 0.15) is 0 Å². The van der Waals surface area contributed by atoms with Gasteiger partial charge in [0.2, 0.25) is 0 Å². The largest absolute Gasteiger partial charge is 0.397 e. The first-order valence-corrected chi connectivity index (χ1v) is 7.54. The summed E-state index contributed by atoms with van der Waals surface area (Å²) in [7, 11) is 0. The van der Waals surface area contributed by atoms with E-state index in [1.165, 1.54) is 12.4 Å². The van der Waals surface area contributed by atoms with Gasteiger partial charge in [-0.2, -0.15) is 0 Å². The first-order chi connectivity index (χ1) is 10.4. The minimum atomic E-state index is -0.185. The first-order valence-electron chi connectivity index (χ1n) is 7.54. The van der Waals surface area contributed by atoms with Gasteiger partial charge in [0.25, 0.3) is 5.91 Å². The molecule has 0 bridgehead atoms. The second-order valence-electron chi connectivity index (χ2n) is 6.08. The van der Waals surface area contributed by atoms with Crippen molar-refractivity contribution in [3.8, 4) is 0 Å². The Morgan fingerprint density at radius 3 is 2.18 bits per heavy atom. The second kappa shape index (κ2) is 6.60. The molecule has 3 N–H and O–H groups in total. The summed E-state index contributed by atoms with van der Waals surface area (Å²) in [5.41, 5.74) is 9.82. The van der Waals surface area contributed by atoms with Crippen molar-refractivity contribution in [3.05, 3.63) is 53.3 Å². The lowest BCUT2D eigenvalue weighted by atomic mass is 9.92. The number of nitrogens with one attached hydrogen (secondary N) is 1. The van der Waals surface area contributed by atoms with Crippen LogP contribution in [-0.2, 0) is 0 Å². The summed E-state index contributed by atoms with van der Waals surface area (Å²) in [6.45, 7) is 8.49. The zero-order valence-electron chi connectivity index (χ0n) is 13.6. The molecule has 1 heterocycles. The molecule has 4 heteroatoms. The molecule has 0 unspecified atom stereocenters. The maximum Gasteiger partial charge on any atom is 0.257 e. The van der Waals surface area contributed by atoms with Crippen LogP contribution in [0.2, 0.25) is 0 Å². The fraction of sp³-hybridized carbons (Fsp3) is 0.333. The summed E-state index contributed by atoms with van der Waals surface area (Å²) >= 11 is 0. The molecule has 0 radical (unpaired) electrons. The molecular formula is C18H23N3O. The average Bonchev–Trinajstić information content (AvgIpc) is 2.46. The van der Waals surface area contributed by atoms with E-state index in [1.807, 2.05) is 6.07 Å². The Labute approximate surface area is 131 Å². The van der Waals surface area contributed by atoms with Crippen molar-refractivity contribution < 1.29 is 4.79 Å². The van der Waals surface area contributed by atoms with Crippen molar-refractivity contribution in [2.24, 2.45) is 0 Å². The highest BCUT2D eigenvalue weighted by Gasteiger charge is 2.17. The van der Waals surface area contributed by atoms with E-state index in [-0.39, 0.29) is 5.91 Å². The number of amides is 1. The summed E-state index contributed by atoms with van der Waals surface area (Å²) in [6.07, 6.45) is 3.05. The Bertz CT molecular complexity index is 652. The molecular weight excluding hydrogens is 274 g/mol. The van der Waals surface area contributed by atoms with E-state index < -0.39 is 0 Å². The van der Waals surface area contributed by atoms with Gasteiger partial charge < -0.3 is 11.1 Å². The number of hydrogen-bond donors (Lipinski definition) is 2. The van der Waals surface area contributed by atoms with Crippen molar-refractivity contribution in [2.75, 3.05) is 11.1 Å². The number of carbonyl (C=O) groups excluding carboxylic acids is 1. The summed E-state index contributed by atoms with van der Waals surface area (Å²) < 4.78 is 0. The van der Waals surface area contributed by atoms with Crippen molar-refractivity contribution in [1.29, 1.82) is 0 Å². The van der Waals surface area contributed by atoms with E-state index in [0.29, 0.717) is 23.1 Å². The maximum absolute atomic E-state index is 12.5. The van der Waals surface area contributed by atoms with E-state index in [1.54, 1.807) is 6.07 Å². The van der Waals surface area contributed by atoms with Gasteiger partial charge in [-0.3, -0.25) is 9.78 Å². The number of nitrogens with zero attached hydrogens (tertiary/aromatic N) is 1. The standard InChI is InChI=1S/C18H23N3O/c1-11(2)15-6-5-7-16(12(3)4)17(15)21-18(22)13-8-14(19)10-20-9-13/h5-12H,19H2,1-4H3,(H,21,22). The van der Waals surface area contributed by atoms with Crippen LogP contribution in [0, 0.1) is 0 Å². The fourth-order valence-electron chi connectivity index (χ4n) is 2.46. The highest BCUT2D eigenvalue weighted by molar-refractivity contribution is 6.05. The summed E-state index contributed by atoms with van der Waals surface area (Å²) in [6, 6.07) is 7.80. The van der Waals surface area contributed by atoms with Crippen molar-refractivity contribution in [3.63, 3.8) is 0 Å². The van der Waals surface area contributed by atoms with Crippen molar-refractivity contribution >= 4 is 17.3 Å². The third-order valence-corrected chi connectivity index (χ3v) is 3.63. The summed E-state index contributed by atoms with van der Waals surface area (Å²) in [5.74, 6) is 0.468. The maximum atomic E-state index is 12.5. The molecule has 2 aromatic rings. The van der Waals surface area contributed by atoms with Gasteiger partial charge in [-0.25, -0.2) is 0 Å². The zero-order valence-corrected chi connectivity index (χ0v) is 13.6. The van der Waals surface area contributed by atoms with Crippen LogP contribution in [0.1, 0.15) is 61.0 Å². The van der Waals surface area contributed by atoms with Crippen LogP contribution in [0.3, 0.4) is 0 Å². The SMILES string of the molecule is CC(C)c1cccc(C(C)C)c1NC(=O)c1cncc(N)c1. The molecule has 0 aliphatic rings. The Morgan fingerprint density at radius 1 is 1.09 bits per heavy atom. The smallest absolute Gasteiger partial charge is 0.257 e. The molecule has 116 valence electrons. The lowest BCUT2D eigenvalue weighted by Gasteiger charge is -2.20. The minimum absolute atomic E-state index is 0.185. The number of anilines is 2. The Hall–Kier alpha value is -2.36. The summed E-state index contributed by atoms with van der Waals surface area (Å²) in [4.78, 5) is 16.5. The van der Waals surface area contributed by atoms with Crippen LogP contribution in [0.5, 0.6) is 0 Å². The lowest BCUT2D eigenvalue weighted by molar-refractivity contribution is 0.102. The molecule has 0 spiro atoms. The molecule has 2 rings (SSSR count). The van der Waals surface area contributed by atoms with Crippen LogP contribution >= 0.6 is 0 Å². The van der Waals surface area contributed by atoms with Crippen molar-refractivity contribution in [2.45, 2.75) is 39.5 Å². The number of pyridine rings is 1. The Morgan fingerprint density at radius 2 is 1.68 bits per heavy atom. The predicted octanol–water partition coefficient (Wildman–Crippen LogP) is 4.16. The van der Waals surface area contributed by atoms with E-state index in [9.17, 15) is 4.79 Å². The van der Waals surface area contributed by atoms with E-state index in [4.69, 9.17) is 5.73 Å². The molecule has 0 aliphatic heterocycles. The second-order valence-corrected chi connectivity index (χ2v) is 6.08. The quantitative estimate of drug-likeness (QED) is 0.890. The number of para-hydroxylation sites is 1. The molecule has 0 fully saturated rings.